The maximum Gasteiger partial charge on any atom is 0.269 e. The van der Waals surface area contributed by atoms with E-state index in [0.717, 1.165) is 6.07 Å². The van der Waals surface area contributed by atoms with Gasteiger partial charge in [-0.05, 0) is 23.8 Å². The third kappa shape index (κ3) is 3.01. The first-order chi connectivity index (χ1) is 9.49. The summed E-state index contributed by atoms with van der Waals surface area (Å²) >= 11 is 0. The standard InChI is InChI=1S/C14H13FN4O/c1-18(2)13-6-14(20)19(17-8-13)9-11-3-10(7-16)4-12(15)5-11/h3-6,8H,9H2,1-2H3. The number of anilines is 1. The minimum atomic E-state index is -0.503. The number of aromatic nitrogens is 2. The molecule has 0 fully saturated rings. The van der Waals surface area contributed by atoms with Gasteiger partial charge >= 0.3 is 0 Å². The first kappa shape index (κ1) is 13.7. The van der Waals surface area contributed by atoms with E-state index in [1.54, 1.807) is 11.1 Å². The molecule has 0 saturated heterocycles. The van der Waals surface area contributed by atoms with Crippen molar-refractivity contribution in [2.75, 3.05) is 19.0 Å². The molecule has 0 radical (unpaired) electrons. The Kier molecular flexibility index (Phi) is 3.80. The molecule has 1 heterocycles. The summed E-state index contributed by atoms with van der Waals surface area (Å²) in [7, 11) is 3.62. The molecule has 0 aliphatic heterocycles. The number of nitrogens with zero attached hydrogens (tertiary/aromatic N) is 4. The van der Waals surface area contributed by atoms with Crippen LogP contribution in [-0.2, 0) is 6.54 Å². The summed E-state index contributed by atoms with van der Waals surface area (Å²) in [6.45, 7) is 0.124. The van der Waals surface area contributed by atoms with Gasteiger partial charge in [-0.15, -0.1) is 0 Å². The van der Waals surface area contributed by atoms with E-state index in [9.17, 15) is 9.18 Å². The van der Waals surface area contributed by atoms with Crippen LogP contribution < -0.4 is 10.5 Å². The topological polar surface area (TPSA) is 61.9 Å². The quantitative estimate of drug-likeness (QED) is 0.846. The second-order valence-electron chi connectivity index (χ2n) is 4.56. The van der Waals surface area contributed by atoms with Crippen molar-refractivity contribution in [2.45, 2.75) is 6.54 Å². The van der Waals surface area contributed by atoms with Gasteiger partial charge < -0.3 is 4.90 Å². The highest BCUT2D eigenvalue weighted by molar-refractivity contribution is 5.40. The summed E-state index contributed by atoms with van der Waals surface area (Å²) < 4.78 is 14.5. The first-order valence-electron chi connectivity index (χ1n) is 5.93. The molecule has 0 amide bonds. The third-order valence-electron chi connectivity index (χ3n) is 2.79. The van der Waals surface area contributed by atoms with E-state index in [2.05, 4.69) is 5.10 Å². The zero-order valence-electron chi connectivity index (χ0n) is 11.2. The van der Waals surface area contributed by atoms with Gasteiger partial charge in [-0.3, -0.25) is 4.79 Å². The fourth-order valence-electron chi connectivity index (χ4n) is 1.77. The molecule has 0 N–H and O–H groups in total. The van der Waals surface area contributed by atoms with Crippen molar-refractivity contribution in [3.63, 3.8) is 0 Å². The fourth-order valence-corrected chi connectivity index (χ4v) is 1.77. The van der Waals surface area contributed by atoms with Gasteiger partial charge in [0, 0.05) is 20.2 Å². The zero-order valence-corrected chi connectivity index (χ0v) is 11.2. The van der Waals surface area contributed by atoms with Gasteiger partial charge in [0.15, 0.2) is 0 Å². The predicted octanol–water partition coefficient (Wildman–Crippen LogP) is 1.37. The molecule has 0 bridgehead atoms. The van der Waals surface area contributed by atoms with E-state index in [4.69, 9.17) is 5.26 Å². The van der Waals surface area contributed by atoms with Gasteiger partial charge in [-0.2, -0.15) is 10.4 Å². The Balaban J connectivity index is 2.33. The second-order valence-corrected chi connectivity index (χ2v) is 4.56. The van der Waals surface area contributed by atoms with E-state index in [-0.39, 0.29) is 17.7 Å². The molecule has 0 unspecified atom stereocenters. The summed E-state index contributed by atoms with van der Waals surface area (Å²) in [4.78, 5) is 13.7. The minimum Gasteiger partial charge on any atom is -0.376 e. The van der Waals surface area contributed by atoms with Crippen molar-refractivity contribution in [3.8, 4) is 6.07 Å². The Labute approximate surface area is 115 Å². The smallest absolute Gasteiger partial charge is 0.269 e. The molecule has 6 heteroatoms. The van der Waals surface area contributed by atoms with Crippen LogP contribution in [0.3, 0.4) is 0 Å². The number of hydrogen-bond donors (Lipinski definition) is 0. The average molecular weight is 272 g/mol. The minimum absolute atomic E-state index is 0.124. The van der Waals surface area contributed by atoms with Gasteiger partial charge in [-0.1, -0.05) is 0 Å². The Morgan fingerprint density at radius 2 is 2.10 bits per heavy atom. The molecule has 5 nitrogen and oxygen atoms in total. The Morgan fingerprint density at radius 3 is 2.70 bits per heavy atom. The molecule has 1 aromatic heterocycles. The normalized spacial score (nSPS) is 10.1. The fraction of sp³-hybridized carbons (Fsp3) is 0.214. The summed E-state index contributed by atoms with van der Waals surface area (Å²) in [6, 6.07) is 7.31. The number of rotatable bonds is 3. The maximum absolute atomic E-state index is 13.3. The van der Waals surface area contributed by atoms with Crippen molar-refractivity contribution in [1.82, 2.24) is 9.78 Å². The van der Waals surface area contributed by atoms with E-state index >= 15 is 0 Å². The van der Waals surface area contributed by atoms with Crippen LogP contribution in [0.25, 0.3) is 0 Å². The average Bonchev–Trinajstić information content (AvgIpc) is 2.40. The van der Waals surface area contributed by atoms with E-state index < -0.39 is 5.82 Å². The van der Waals surface area contributed by atoms with E-state index in [0.29, 0.717) is 11.3 Å². The van der Waals surface area contributed by atoms with E-state index in [1.165, 1.54) is 22.9 Å². The van der Waals surface area contributed by atoms with Crippen LogP contribution in [0, 0.1) is 17.1 Å². The molecule has 0 saturated carbocycles. The highest BCUT2D eigenvalue weighted by atomic mass is 19.1. The lowest BCUT2D eigenvalue weighted by Gasteiger charge is -2.12. The van der Waals surface area contributed by atoms with Gasteiger partial charge in [0.05, 0.1) is 30.1 Å². The lowest BCUT2D eigenvalue weighted by molar-refractivity contribution is 0.610. The molecule has 0 aliphatic rings. The maximum atomic E-state index is 13.3. The second kappa shape index (κ2) is 5.53. The van der Waals surface area contributed by atoms with Crippen LogP contribution >= 0.6 is 0 Å². The van der Waals surface area contributed by atoms with Crippen LogP contribution in [0.2, 0.25) is 0 Å². The summed E-state index contributed by atoms with van der Waals surface area (Å²) in [5.41, 5.74) is 1.16. The lowest BCUT2D eigenvalue weighted by atomic mass is 10.1. The van der Waals surface area contributed by atoms with Crippen molar-refractivity contribution in [3.05, 3.63) is 57.8 Å². The number of benzene rings is 1. The molecule has 102 valence electrons. The number of nitriles is 1. The largest absolute Gasteiger partial charge is 0.376 e. The van der Waals surface area contributed by atoms with E-state index in [1.807, 2.05) is 20.2 Å². The highest BCUT2D eigenvalue weighted by Crippen LogP contribution is 2.10. The predicted molar refractivity (Wildman–Crippen MR) is 73.0 cm³/mol. The molecule has 2 rings (SSSR count). The van der Waals surface area contributed by atoms with Crippen LogP contribution in [-0.4, -0.2) is 23.9 Å². The van der Waals surface area contributed by atoms with Crippen molar-refractivity contribution >= 4 is 5.69 Å². The highest BCUT2D eigenvalue weighted by Gasteiger charge is 2.05. The Bertz CT molecular complexity index is 731. The molecular formula is C14H13FN4O. The molecule has 0 spiro atoms. The Morgan fingerprint density at radius 1 is 1.35 bits per heavy atom. The lowest BCUT2D eigenvalue weighted by Crippen LogP contribution is -2.24. The van der Waals surface area contributed by atoms with Gasteiger partial charge in [0.1, 0.15) is 5.82 Å². The summed E-state index contributed by atoms with van der Waals surface area (Å²) in [5.74, 6) is -0.503. The van der Waals surface area contributed by atoms with Gasteiger partial charge in [-0.25, -0.2) is 9.07 Å². The molecule has 0 atom stereocenters. The number of hydrogen-bond acceptors (Lipinski definition) is 4. The molecule has 1 aromatic carbocycles. The van der Waals surface area contributed by atoms with Crippen LogP contribution in [0.15, 0.2) is 35.3 Å². The van der Waals surface area contributed by atoms with Crippen LogP contribution in [0.1, 0.15) is 11.1 Å². The molecule has 0 aliphatic carbocycles. The van der Waals surface area contributed by atoms with Crippen molar-refractivity contribution < 1.29 is 4.39 Å². The monoisotopic (exact) mass is 272 g/mol. The molecular weight excluding hydrogens is 259 g/mol. The first-order valence-corrected chi connectivity index (χ1v) is 5.93. The van der Waals surface area contributed by atoms with Gasteiger partial charge in [0.2, 0.25) is 0 Å². The summed E-state index contributed by atoms with van der Waals surface area (Å²) in [6.07, 6.45) is 1.56. The molecule has 2 aromatic rings. The number of halogens is 1. The SMILES string of the molecule is CN(C)c1cnn(Cc2cc(F)cc(C#N)c2)c(=O)c1. The molecule has 20 heavy (non-hydrogen) atoms. The summed E-state index contributed by atoms with van der Waals surface area (Å²) in [5, 5.41) is 12.8. The van der Waals surface area contributed by atoms with Crippen molar-refractivity contribution in [2.24, 2.45) is 0 Å². The third-order valence-corrected chi connectivity index (χ3v) is 2.79. The van der Waals surface area contributed by atoms with Crippen molar-refractivity contribution in [1.29, 1.82) is 5.26 Å². The van der Waals surface area contributed by atoms with Crippen LogP contribution in [0.4, 0.5) is 10.1 Å². The zero-order chi connectivity index (χ0) is 14.7. The van der Waals surface area contributed by atoms with Gasteiger partial charge in [0.25, 0.3) is 5.56 Å². The Hall–Kier alpha value is -2.68. The van der Waals surface area contributed by atoms with Crippen LogP contribution in [0.5, 0.6) is 0 Å².